The molecule has 0 radical (unpaired) electrons. The molecular formula is C12H14F2O3S. The van der Waals surface area contributed by atoms with Crippen LogP contribution in [0, 0.1) is 17.8 Å². The van der Waals surface area contributed by atoms with E-state index in [-0.39, 0.29) is 17.6 Å². The number of alkyl halides is 2. The number of carbonyl (C=O) groups excluding carboxylic acids is 2. The summed E-state index contributed by atoms with van der Waals surface area (Å²) in [6, 6.07) is 0. The summed E-state index contributed by atoms with van der Waals surface area (Å²) < 4.78 is 30.6. The molecule has 4 fully saturated rings. The zero-order valence-electron chi connectivity index (χ0n) is 9.70. The van der Waals surface area contributed by atoms with Gasteiger partial charge in [0.2, 0.25) is 0 Å². The molecule has 4 saturated carbocycles. The summed E-state index contributed by atoms with van der Waals surface area (Å²) in [5, 5.41) is -3.76. The first-order valence-electron chi connectivity index (χ1n) is 6.16. The first-order valence-corrected chi connectivity index (χ1v) is 6.61. The molecule has 2 atom stereocenters. The van der Waals surface area contributed by atoms with Crippen molar-refractivity contribution in [2.24, 2.45) is 17.8 Å². The van der Waals surface area contributed by atoms with Gasteiger partial charge in [0.15, 0.2) is 0 Å². The molecule has 4 rings (SSSR count). The minimum absolute atomic E-state index is 0.0995. The Morgan fingerprint density at radius 3 is 2.33 bits per heavy atom. The fourth-order valence-corrected chi connectivity index (χ4v) is 4.10. The standard InChI is InChI=1S/C12H14F2O3S/c13-12(14,18)10(16)17-11-3-6-1-7(4-11)9(15)8(2-6)5-11/h6-8,18H,1-5H2. The number of ketones is 1. The summed E-state index contributed by atoms with van der Waals surface area (Å²) in [5.41, 5.74) is -0.840. The third-order valence-corrected chi connectivity index (χ3v) is 4.68. The van der Waals surface area contributed by atoms with Gasteiger partial charge in [-0.05, 0) is 38.0 Å². The van der Waals surface area contributed by atoms with Crippen LogP contribution in [0.4, 0.5) is 8.78 Å². The van der Waals surface area contributed by atoms with Gasteiger partial charge in [0.25, 0.3) is 0 Å². The first-order chi connectivity index (χ1) is 8.29. The monoisotopic (exact) mass is 276 g/mol. The Balaban J connectivity index is 1.81. The predicted molar refractivity (Wildman–Crippen MR) is 61.3 cm³/mol. The molecule has 0 aromatic heterocycles. The molecule has 100 valence electrons. The molecule has 4 aliphatic carbocycles. The van der Waals surface area contributed by atoms with Crippen molar-refractivity contribution in [1.29, 1.82) is 0 Å². The molecule has 4 bridgehead atoms. The number of esters is 1. The maximum atomic E-state index is 12.8. The van der Waals surface area contributed by atoms with Gasteiger partial charge in [-0.2, -0.15) is 8.78 Å². The lowest BCUT2D eigenvalue weighted by molar-refractivity contribution is -0.200. The highest BCUT2D eigenvalue weighted by Crippen LogP contribution is 2.55. The van der Waals surface area contributed by atoms with Crippen LogP contribution in [0.15, 0.2) is 0 Å². The Morgan fingerprint density at radius 1 is 1.28 bits per heavy atom. The number of hydrogen-bond donors (Lipinski definition) is 1. The molecule has 4 aliphatic rings. The highest BCUT2D eigenvalue weighted by molar-refractivity contribution is 7.82. The zero-order valence-corrected chi connectivity index (χ0v) is 10.6. The molecule has 0 heterocycles. The third kappa shape index (κ3) is 1.85. The number of carbonyl (C=O) groups is 2. The van der Waals surface area contributed by atoms with E-state index in [1.807, 2.05) is 0 Å². The summed E-state index contributed by atoms with van der Waals surface area (Å²) >= 11 is 2.94. The van der Waals surface area contributed by atoms with E-state index in [0.717, 1.165) is 12.8 Å². The van der Waals surface area contributed by atoms with Crippen molar-refractivity contribution in [2.45, 2.75) is 43.0 Å². The molecule has 0 saturated heterocycles. The van der Waals surface area contributed by atoms with Crippen LogP contribution >= 0.6 is 12.6 Å². The lowest BCUT2D eigenvalue weighted by Gasteiger charge is -2.54. The van der Waals surface area contributed by atoms with Crippen LogP contribution in [-0.4, -0.2) is 22.6 Å². The Bertz CT molecular complexity index is 400. The van der Waals surface area contributed by atoms with Crippen molar-refractivity contribution in [2.75, 3.05) is 0 Å². The second-order valence-electron chi connectivity index (χ2n) is 5.86. The van der Waals surface area contributed by atoms with Crippen LogP contribution in [0.3, 0.4) is 0 Å². The van der Waals surface area contributed by atoms with Gasteiger partial charge in [-0.25, -0.2) is 4.79 Å². The van der Waals surface area contributed by atoms with E-state index in [9.17, 15) is 18.4 Å². The van der Waals surface area contributed by atoms with Crippen molar-refractivity contribution in [3.8, 4) is 0 Å². The Morgan fingerprint density at radius 2 is 1.83 bits per heavy atom. The average molecular weight is 276 g/mol. The largest absolute Gasteiger partial charge is 0.454 e. The molecule has 0 aromatic rings. The lowest BCUT2D eigenvalue weighted by Crippen LogP contribution is -2.57. The van der Waals surface area contributed by atoms with E-state index in [4.69, 9.17) is 4.74 Å². The van der Waals surface area contributed by atoms with Gasteiger partial charge in [0.05, 0.1) is 0 Å². The van der Waals surface area contributed by atoms with Crippen LogP contribution in [0.5, 0.6) is 0 Å². The molecule has 3 nitrogen and oxygen atoms in total. The topological polar surface area (TPSA) is 43.4 Å². The van der Waals surface area contributed by atoms with Crippen LogP contribution in [0.1, 0.15) is 32.1 Å². The molecule has 0 N–H and O–H groups in total. The number of thiol groups is 1. The van der Waals surface area contributed by atoms with Gasteiger partial charge in [0, 0.05) is 11.8 Å². The molecule has 6 heteroatoms. The molecular weight excluding hydrogens is 262 g/mol. The van der Waals surface area contributed by atoms with Gasteiger partial charge in [-0.15, -0.1) is 0 Å². The van der Waals surface area contributed by atoms with Crippen molar-refractivity contribution < 1.29 is 23.1 Å². The summed E-state index contributed by atoms with van der Waals surface area (Å²) in [5.74, 6) is -1.22. The van der Waals surface area contributed by atoms with E-state index >= 15 is 0 Å². The van der Waals surface area contributed by atoms with Gasteiger partial charge in [-0.1, -0.05) is 12.6 Å². The highest BCUT2D eigenvalue weighted by atomic mass is 32.1. The smallest absolute Gasteiger partial charge is 0.388 e. The van der Waals surface area contributed by atoms with E-state index in [0.29, 0.717) is 25.2 Å². The maximum absolute atomic E-state index is 12.8. The number of halogens is 2. The van der Waals surface area contributed by atoms with Crippen LogP contribution in [-0.2, 0) is 14.3 Å². The highest BCUT2D eigenvalue weighted by Gasteiger charge is 2.58. The molecule has 0 spiro atoms. The Hall–Kier alpha value is -0.650. The number of rotatable bonds is 2. The summed E-state index contributed by atoms with van der Waals surface area (Å²) in [6.07, 6.45) is 3.09. The second-order valence-corrected chi connectivity index (χ2v) is 6.42. The Kier molecular flexibility index (Phi) is 2.53. The fraction of sp³-hybridized carbons (Fsp3) is 0.833. The van der Waals surface area contributed by atoms with E-state index < -0.39 is 16.8 Å². The number of hydrogen-bond acceptors (Lipinski definition) is 4. The van der Waals surface area contributed by atoms with E-state index in [1.54, 1.807) is 0 Å². The maximum Gasteiger partial charge on any atom is 0.388 e. The minimum atomic E-state index is -3.76. The third-order valence-electron chi connectivity index (χ3n) is 4.49. The van der Waals surface area contributed by atoms with E-state index in [1.165, 1.54) is 0 Å². The minimum Gasteiger partial charge on any atom is -0.454 e. The van der Waals surface area contributed by atoms with Gasteiger partial charge in [0.1, 0.15) is 11.4 Å². The molecule has 0 amide bonds. The normalized spacial score (nSPS) is 42.2. The molecule has 2 unspecified atom stereocenters. The quantitative estimate of drug-likeness (QED) is 0.621. The summed E-state index contributed by atoms with van der Waals surface area (Å²) in [4.78, 5) is 23.2. The van der Waals surface area contributed by atoms with Crippen LogP contribution in [0.2, 0.25) is 0 Å². The average Bonchev–Trinajstić information content (AvgIpc) is 2.22. The lowest BCUT2D eigenvalue weighted by atomic mass is 9.53. The number of Topliss-reactive ketones (excluding diaryl/α,β-unsaturated/α-hetero) is 1. The van der Waals surface area contributed by atoms with Gasteiger partial charge < -0.3 is 4.74 Å². The first kappa shape index (κ1) is 12.4. The van der Waals surface area contributed by atoms with Crippen molar-refractivity contribution in [3.63, 3.8) is 0 Å². The predicted octanol–water partition coefficient (Wildman–Crippen LogP) is 2.20. The SMILES string of the molecule is O=C1C2CC3CC1CC(OC(=O)C(F)(F)S)(C3)C2. The van der Waals surface area contributed by atoms with Gasteiger partial charge in [-0.3, -0.25) is 4.79 Å². The van der Waals surface area contributed by atoms with Crippen LogP contribution < -0.4 is 0 Å². The molecule has 0 aromatic carbocycles. The van der Waals surface area contributed by atoms with Crippen LogP contribution in [0.25, 0.3) is 0 Å². The second kappa shape index (κ2) is 3.68. The molecule has 18 heavy (non-hydrogen) atoms. The van der Waals surface area contributed by atoms with E-state index in [2.05, 4.69) is 12.6 Å². The fourth-order valence-electron chi connectivity index (χ4n) is 4.06. The van der Waals surface area contributed by atoms with Gasteiger partial charge >= 0.3 is 11.2 Å². The molecule has 0 aliphatic heterocycles. The van der Waals surface area contributed by atoms with Crippen molar-refractivity contribution in [1.82, 2.24) is 0 Å². The summed E-state index contributed by atoms with van der Waals surface area (Å²) in [6.45, 7) is 0. The zero-order chi connectivity index (χ0) is 13.1. The number of ether oxygens (including phenoxy) is 1. The van der Waals surface area contributed by atoms with Crippen molar-refractivity contribution >= 4 is 24.4 Å². The Labute approximate surface area is 109 Å². The summed E-state index contributed by atoms with van der Waals surface area (Å²) in [7, 11) is 0. The van der Waals surface area contributed by atoms with Crippen molar-refractivity contribution in [3.05, 3.63) is 0 Å².